The Labute approximate surface area is 153 Å². The minimum atomic E-state index is 0.564. The lowest BCUT2D eigenvalue weighted by molar-refractivity contribution is 0.173. The fourth-order valence-electron chi connectivity index (χ4n) is 3.15. The van der Waals surface area contributed by atoms with Gasteiger partial charge in [-0.25, -0.2) is 0 Å². The molecule has 1 aromatic carbocycles. The molecule has 0 bridgehead atoms. The highest BCUT2D eigenvalue weighted by Gasteiger charge is 2.21. The number of para-hydroxylation sites is 1. The van der Waals surface area contributed by atoms with E-state index in [1.807, 2.05) is 16.9 Å². The van der Waals surface area contributed by atoms with E-state index < -0.39 is 0 Å². The van der Waals surface area contributed by atoms with Crippen LogP contribution in [0.3, 0.4) is 0 Å². The highest BCUT2D eigenvalue weighted by Crippen LogP contribution is 2.32. The van der Waals surface area contributed by atoms with Gasteiger partial charge in [0.25, 0.3) is 0 Å². The van der Waals surface area contributed by atoms with Gasteiger partial charge in [0.15, 0.2) is 5.75 Å². The highest BCUT2D eigenvalue weighted by molar-refractivity contribution is 6.37. The van der Waals surface area contributed by atoms with E-state index in [2.05, 4.69) is 23.1 Å². The Morgan fingerprint density at radius 3 is 2.54 bits per heavy atom. The van der Waals surface area contributed by atoms with Crippen molar-refractivity contribution in [1.82, 2.24) is 14.7 Å². The number of aryl methyl sites for hydroxylation is 1. The molecule has 2 aromatic rings. The molecule has 24 heavy (non-hydrogen) atoms. The molecule has 1 aromatic heterocycles. The fraction of sp³-hybridized carbons (Fsp3) is 0.500. The monoisotopic (exact) mass is 367 g/mol. The van der Waals surface area contributed by atoms with Crippen molar-refractivity contribution >= 4 is 23.2 Å². The lowest BCUT2D eigenvalue weighted by Crippen LogP contribution is -2.35. The van der Waals surface area contributed by atoms with Crippen LogP contribution in [0.5, 0.6) is 5.75 Å². The first kappa shape index (κ1) is 17.6. The molecule has 1 saturated heterocycles. The summed E-state index contributed by atoms with van der Waals surface area (Å²) in [6.45, 7) is 6.71. The second-order valence-electron chi connectivity index (χ2n) is 6.14. The van der Waals surface area contributed by atoms with Crippen molar-refractivity contribution in [3.8, 4) is 5.75 Å². The summed E-state index contributed by atoms with van der Waals surface area (Å²) in [7, 11) is 0. The molecule has 0 amide bonds. The van der Waals surface area contributed by atoms with E-state index in [1.165, 1.54) is 18.4 Å². The largest absolute Gasteiger partial charge is 0.489 e. The molecule has 0 radical (unpaired) electrons. The number of nitrogens with zero attached hydrogens (tertiary/aromatic N) is 3. The van der Waals surface area contributed by atoms with Crippen molar-refractivity contribution < 1.29 is 4.74 Å². The van der Waals surface area contributed by atoms with E-state index in [4.69, 9.17) is 27.9 Å². The van der Waals surface area contributed by atoms with E-state index in [0.29, 0.717) is 28.3 Å². The number of ether oxygens (including phenoxy) is 1. The number of hydrogen-bond donors (Lipinski definition) is 0. The minimum Gasteiger partial charge on any atom is -0.489 e. The molecule has 0 saturated carbocycles. The summed E-state index contributed by atoms with van der Waals surface area (Å²) < 4.78 is 7.78. The molecular formula is C18H23Cl2N3O. The summed E-state index contributed by atoms with van der Waals surface area (Å²) in [5.74, 6) is 1.21. The van der Waals surface area contributed by atoms with Gasteiger partial charge >= 0.3 is 0 Å². The summed E-state index contributed by atoms with van der Waals surface area (Å²) in [5.41, 5.74) is 1.37. The van der Waals surface area contributed by atoms with Crippen LogP contribution < -0.4 is 4.74 Å². The number of aromatic nitrogens is 2. The Balaban J connectivity index is 1.44. The van der Waals surface area contributed by atoms with Gasteiger partial charge in [-0.15, -0.1) is 0 Å². The molecule has 0 N–H and O–H groups in total. The zero-order valence-corrected chi connectivity index (χ0v) is 15.4. The second kappa shape index (κ2) is 8.24. The van der Waals surface area contributed by atoms with Gasteiger partial charge in [-0.2, -0.15) is 5.10 Å². The zero-order valence-electron chi connectivity index (χ0n) is 13.9. The van der Waals surface area contributed by atoms with Gasteiger partial charge in [0.1, 0.15) is 6.61 Å². The average Bonchev–Trinajstić information content (AvgIpc) is 3.07. The molecule has 1 aliphatic rings. The van der Waals surface area contributed by atoms with Crippen LogP contribution in [0.4, 0.5) is 0 Å². The number of halogens is 2. The van der Waals surface area contributed by atoms with E-state index in [0.717, 1.165) is 26.2 Å². The van der Waals surface area contributed by atoms with Crippen LogP contribution in [0.1, 0.15) is 31.2 Å². The molecule has 0 spiro atoms. The first-order valence-corrected chi connectivity index (χ1v) is 9.24. The Morgan fingerprint density at radius 1 is 1.21 bits per heavy atom. The maximum Gasteiger partial charge on any atom is 0.156 e. The number of hydrogen-bond acceptors (Lipinski definition) is 3. The third-order valence-corrected chi connectivity index (χ3v) is 5.20. The lowest BCUT2D eigenvalue weighted by atomic mass is 9.91. The smallest absolute Gasteiger partial charge is 0.156 e. The van der Waals surface area contributed by atoms with E-state index in [-0.39, 0.29) is 0 Å². The highest BCUT2D eigenvalue weighted by atomic mass is 35.5. The van der Waals surface area contributed by atoms with Gasteiger partial charge in [0.2, 0.25) is 0 Å². The molecule has 0 unspecified atom stereocenters. The molecule has 1 fully saturated rings. The van der Waals surface area contributed by atoms with Crippen LogP contribution in [0.25, 0.3) is 0 Å². The third kappa shape index (κ3) is 4.24. The Hall–Kier alpha value is -1.23. The summed E-state index contributed by atoms with van der Waals surface area (Å²) in [6, 6.07) is 5.42. The molecule has 0 aliphatic carbocycles. The first-order valence-electron chi connectivity index (χ1n) is 8.49. The number of rotatable bonds is 6. The topological polar surface area (TPSA) is 30.3 Å². The van der Waals surface area contributed by atoms with E-state index in [9.17, 15) is 0 Å². The maximum atomic E-state index is 6.12. The van der Waals surface area contributed by atoms with Crippen LogP contribution in [0.15, 0.2) is 30.6 Å². The predicted molar refractivity (Wildman–Crippen MR) is 98.3 cm³/mol. The summed E-state index contributed by atoms with van der Waals surface area (Å²) >= 11 is 12.2. The Kier molecular flexibility index (Phi) is 6.04. The van der Waals surface area contributed by atoms with Crippen molar-refractivity contribution in [2.24, 2.45) is 0 Å². The molecule has 4 nitrogen and oxygen atoms in total. The number of piperidine rings is 1. The van der Waals surface area contributed by atoms with Gasteiger partial charge in [-0.1, -0.05) is 29.3 Å². The molecule has 2 heterocycles. The van der Waals surface area contributed by atoms with Crippen molar-refractivity contribution in [3.05, 3.63) is 46.2 Å². The standard InChI is InChI=1S/C18H23Cl2N3O/c1-2-23-13-15(12-21-23)14-6-8-22(9-7-14)10-11-24-18-16(19)4-3-5-17(18)20/h3-5,12-14H,2,6-11H2,1H3. The summed E-state index contributed by atoms with van der Waals surface area (Å²) in [6.07, 6.45) is 6.54. The third-order valence-electron chi connectivity index (χ3n) is 4.61. The van der Waals surface area contributed by atoms with Crippen molar-refractivity contribution in [1.29, 1.82) is 0 Å². The molecule has 6 heteroatoms. The molecule has 1 aliphatic heterocycles. The van der Waals surface area contributed by atoms with Crippen LogP contribution in [-0.4, -0.2) is 40.9 Å². The average molecular weight is 368 g/mol. The number of benzene rings is 1. The van der Waals surface area contributed by atoms with Crippen LogP contribution >= 0.6 is 23.2 Å². The van der Waals surface area contributed by atoms with Crippen LogP contribution in [-0.2, 0) is 6.54 Å². The molecular weight excluding hydrogens is 345 g/mol. The van der Waals surface area contributed by atoms with Crippen molar-refractivity contribution in [2.75, 3.05) is 26.2 Å². The van der Waals surface area contributed by atoms with Gasteiger partial charge < -0.3 is 4.74 Å². The number of likely N-dealkylation sites (tertiary alicyclic amines) is 1. The normalized spacial score (nSPS) is 16.5. The quantitative estimate of drug-likeness (QED) is 0.754. The fourth-order valence-corrected chi connectivity index (χ4v) is 3.66. The van der Waals surface area contributed by atoms with Crippen LogP contribution in [0, 0.1) is 0 Å². The molecule has 0 atom stereocenters. The predicted octanol–water partition coefficient (Wildman–Crippen LogP) is 4.47. The van der Waals surface area contributed by atoms with Crippen molar-refractivity contribution in [2.45, 2.75) is 32.2 Å². The van der Waals surface area contributed by atoms with Crippen LogP contribution in [0.2, 0.25) is 10.0 Å². The van der Waals surface area contributed by atoms with Gasteiger partial charge in [-0.3, -0.25) is 9.58 Å². The Morgan fingerprint density at radius 2 is 1.92 bits per heavy atom. The van der Waals surface area contributed by atoms with E-state index in [1.54, 1.807) is 12.1 Å². The molecule has 130 valence electrons. The Bertz CT molecular complexity index is 646. The first-order chi connectivity index (χ1) is 11.7. The summed E-state index contributed by atoms with van der Waals surface area (Å²) in [5, 5.41) is 5.51. The van der Waals surface area contributed by atoms with Crippen molar-refractivity contribution in [3.63, 3.8) is 0 Å². The summed E-state index contributed by atoms with van der Waals surface area (Å²) in [4.78, 5) is 2.44. The van der Waals surface area contributed by atoms with Gasteiger partial charge in [-0.05, 0) is 56.5 Å². The van der Waals surface area contributed by atoms with Gasteiger partial charge in [0.05, 0.1) is 16.2 Å². The zero-order chi connectivity index (χ0) is 16.9. The second-order valence-corrected chi connectivity index (χ2v) is 6.96. The minimum absolute atomic E-state index is 0.564. The molecule has 3 rings (SSSR count). The van der Waals surface area contributed by atoms with E-state index >= 15 is 0 Å². The maximum absolute atomic E-state index is 6.12. The SMILES string of the molecule is CCn1cc(C2CCN(CCOc3c(Cl)cccc3Cl)CC2)cn1. The lowest BCUT2D eigenvalue weighted by Gasteiger charge is -2.31. The van der Waals surface area contributed by atoms with Gasteiger partial charge in [0, 0.05) is 19.3 Å².